The monoisotopic (exact) mass is 425 g/mol. The van der Waals surface area contributed by atoms with Crippen molar-refractivity contribution in [3.8, 4) is 11.1 Å². The molecule has 3 aromatic heterocycles. The van der Waals surface area contributed by atoms with Gasteiger partial charge in [0.2, 0.25) is 5.91 Å². The van der Waals surface area contributed by atoms with Crippen LogP contribution in [0.25, 0.3) is 16.6 Å². The lowest BCUT2D eigenvalue weighted by atomic mass is 10.1. The first-order chi connectivity index (χ1) is 15.7. The van der Waals surface area contributed by atoms with Crippen LogP contribution in [-0.4, -0.2) is 56.8 Å². The standard InChI is InChI=1S/C26H27N5O/c1-29-14-15-30(25(32)12-9-20-6-3-2-4-7-20)18-24(29)26-23-11-10-22(17-31(23)19-28-26)21-8-5-13-27-16-21/h2-8,10-11,13,16-17,19,24H,9,12,14-15,18H2,1H3/t24-/m0/s1. The zero-order chi connectivity index (χ0) is 21.9. The second kappa shape index (κ2) is 8.93. The second-order valence-electron chi connectivity index (χ2n) is 8.40. The van der Waals surface area contributed by atoms with Gasteiger partial charge in [0, 0.05) is 50.2 Å². The molecule has 162 valence electrons. The smallest absolute Gasteiger partial charge is 0.223 e. The van der Waals surface area contributed by atoms with Crippen LogP contribution >= 0.6 is 0 Å². The summed E-state index contributed by atoms with van der Waals surface area (Å²) in [5.41, 5.74) is 5.48. The minimum Gasteiger partial charge on any atom is -0.339 e. The predicted octanol–water partition coefficient (Wildman–Crippen LogP) is 3.84. The molecule has 1 amide bonds. The van der Waals surface area contributed by atoms with E-state index in [1.54, 1.807) is 6.20 Å². The molecule has 32 heavy (non-hydrogen) atoms. The summed E-state index contributed by atoms with van der Waals surface area (Å²) in [6, 6.07) is 18.5. The van der Waals surface area contributed by atoms with Crippen molar-refractivity contribution in [2.24, 2.45) is 0 Å². The Labute approximate surface area is 188 Å². The maximum absolute atomic E-state index is 12.9. The largest absolute Gasteiger partial charge is 0.339 e. The Kier molecular flexibility index (Phi) is 5.69. The average Bonchev–Trinajstić information content (AvgIpc) is 3.27. The van der Waals surface area contributed by atoms with Crippen LogP contribution in [0, 0.1) is 0 Å². The summed E-state index contributed by atoms with van der Waals surface area (Å²) in [7, 11) is 2.12. The van der Waals surface area contributed by atoms with Crippen LogP contribution in [0.15, 0.2) is 79.5 Å². The zero-order valence-corrected chi connectivity index (χ0v) is 18.3. The molecule has 0 saturated carbocycles. The highest BCUT2D eigenvalue weighted by Gasteiger charge is 2.30. The Morgan fingerprint density at radius 2 is 1.91 bits per heavy atom. The molecule has 1 atom stereocenters. The van der Waals surface area contributed by atoms with Crippen molar-refractivity contribution in [2.45, 2.75) is 18.9 Å². The molecule has 0 spiro atoms. The molecular weight excluding hydrogens is 398 g/mol. The SMILES string of the molecule is CN1CCN(C(=O)CCc2ccccc2)C[C@H]1c1ncn2cc(-c3cccnc3)ccc12. The van der Waals surface area contributed by atoms with Gasteiger partial charge in [-0.1, -0.05) is 42.5 Å². The molecule has 1 aliphatic heterocycles. The number of fused-ring (bicyclic) bond motifs is 1. The molecule has 4 heterocycles. The second-order valence-corrected chi connectivity index (χ2v) is 8.40. The minimum absolute atomic E-state index is 0.0821. The highest BCUT2D eigenvalue weighted by atomic mass is 16.2. The topological polar surface area (TPSA) is 53.7 Å². The van der Waals surface area contributed by atoms with E-state index in [1.807, 2.05) is 41.7 Å². The molecule has 1 aromatic carbocycles. The summed E-state index contributed by atoms with van der Waals surface area (Å²) in [4.78, 5) is 26.2. The Bertz CT molecular complexity index is 1200. The molecule has 0 bridgehead atoms. The number of pyridine rings is 2. The van der Waals surface area contributed by atoms with Gasteiger partial charge in [0.15, 0.2) is 0 Å². The lowest BCUT2D eigenvalue weighted by molar-refractivity contribution is -0.134. The number of carbonyl (C=O) groups is 1. The van der Waals surface area contributed by atoms with Gasteiger partial charge in [0.25, 0.3) is 0 Å². The first-order valence-electron chi connectivity index (χ1n) is 11.1. The average molecular weight is 426 g/mol. The third-order valence-corrected chi connectivity index (χ3v) is 6.34. The van der Waals surface area contributed by atoms with Gasteiger partial charge in [-0.3, -0.25) is 14.7 Å². The maximum atomic E-state index is 12.9. The van der Waals surface area contributed by atoms with Crippen LogP contribution in [0.1, 0.15) is 23.7 Å². The molecule has 0 N–H and O–H groups in total. The maximum Gasteiger partial charge on any atom is 0.223 e. The quantitative estimate of drug-likeness (QED) is 0.488. The van der Waals surface area contributed by atoms with Gasteiger partial charge >= 0.3 is 0 Å². The fourth-order valence-corrected chi connectivity index (χ4v) is 4.43. The van der Waals surface area contributed by atoms with Crippen LogP contribution in [0.5, 0.6) is 0 Å². The number of rotatable bonds is 5. The van der Waals surface area contributed by atoms with Crippen molar-refractivity contribution in [1.29, 1.82) is 0 Å². The van der Waals surface area contributed by atoms with E-state index in [-0.39, 0.29) is 11.9 Å². The number of benzene rings is 1. The number of piperazine rings is 1. The number of carbonyl (C=O) groups excluding carboxylic acids is 1. The van der Waals surface area contributed by atoms with Crippen LogP contribution in [-0.2, 0) is 11.2 Å². The summed E-state index contributed by atoms with van der Waals surface area (Å²) < 4.78 is 2.07. The summed E-state index contributed by atoms with van der Waals surface area (Å²) in [6.07, 6.45) is 8.93. The molecule has 1 fully saturated rings. The van der Waals surface area contributed by atoms with E-state index < -0.39 is 0 Å². The van der Waals surface area contributed by atoms with Crippen molar-refractivity contribution in [3.05, 3.63) is 90.8 Å². The Hall–Kier alpha value is -3.51. The zero-order valence-electron chi connectivity index (χ0n) is 18.3. The Morgan fingerprint density at radius 1 is 1.03 bits per heavy atom. The van der Waals surface area contributed by atoms with Crippen LogP contribution < -0.4 is 0 Å². The van der Waals surface area contributed by atoms with E-state index in [9.17, 15) is 4.79 Å². The number of amides is 1. The van der Waals surface area contributed by atoms with E-state index in [0.717, 1.165) is 41.8 Å². The highest BCUT2D eigenvalue weighted by Crippen LogP contribution is 2.28. The minimum atomic E-state index is 0.0821. The number of imidazole rings is 1. The first kappa shape index (κ1) is 20.4. The fraction of sp³-hybridized carbons (Fsp3) is 0.269. The Morgan fingerprint density at radius 3 is 2.72 bits per heavy atom. The van der Waals surface area contributed by atoms with E-state index in [4.69, 9.17) is 4.98 Å². The molecule has 1 aliphatic rings. The van der Waals surface area contributed by atoms with Crippen molar-refractivity contribution in [2.75, 3.05) is 26.7 Å². The van der Waals surface area contributed by atoms with E-state index in [0.29, 0.717) is 13.0 Å². The van der Waals surface area contributed by atoms with Gasteiger partial charge in [-0.15, -0.1) is 0 Å². The summed E-state index contributed by atoms with van der Waals surface area (Å²) in [6.45, 7) is 2.27. The van der Waals surface area contributed by atoms with Gasteiger partial charge in [-0.2, -0.15) is 0 Å². The van der Waals surface area contributed by atoms with E-state index in [1.165, 1.54) is 5.56 Å². The molecule has 6 heteroatoms. The van der Waals surface area contributed by atoms with Gasteiger partial charge in [-0.05, 0) is 36.7 Å². The van der Waals surface area contributed by atoms with E-state index >= 15 is 0 Å². The van der Waals surface area contributed by atoms with Crippen molar-refractivity contribution in [3.63, 3.8) is 0 Å². The van der Waals surface area contributed by atoms with Crippen molar-refractivity contribution < 1.29 is 4.79 Å². The third-order valence-electron chi connectivity index (χ3n) is 6.34. The molecule has 0 radical (unpaired) electrons. The highest BCUT2D eigenvalue weighted by molar-refractivity contribution is 5.76. The predicted molar refractivity (Wildman–Crippen MR) is 125 cm³/mol. The summed E-state index contributed by atoms with van der Waals surface area (Å²) >= 11 is 0. The number of hydrogen-bond acceptors (Lipinski definition) is 4. The lowest BCUT2D eigenvalue weighted by Gasteiger charge is -2.39. The molecule has 5 rings (SSSR count). The number of nitrogens with zero attached hydrogens (tertiary/aromatic N) is 5. The van der Waals surface area contributed by atoms with Crippen LogP contribution in [0.3, 0.4) is 0 Å². The number of likely N-dealkylation sites (N-methyl/N-ethyl adjacent to an activating group) is 1. The molecule has 4 aromatic rings. The molecule has 0 unspecified atom stereocenters. The van der Waals surface area contributed by atoms with Crippen molar-refractivity contribution >= 4 is 11.4 Å². The summed E-state index contributed by atoms with van der Waals surface area (Å²) in [5, 5.41) is 0. The number of aryl methyl sites for hydroxylation is 1. The number of hydrogen-bond donors (Lipinski definition) is 0. The van der Waals surface area contributed by atoms with Crippen LogP contribution in [0.2, 0.25) is 0 Å². The normalized spacial score (nSPS) is 17.0. The molecule has 6 nitrogen and oxygen atoms in total. The van der Waals surface area contributed by atoms with Gasteiger partial charge < -0.3 is 9.30 Å². The Balaban J connectivity index is 1.33. The lowest BCUT2D eigenvalue weighted by Crippen LogP contribution is -2.49. The van der Waals surface area contributed by atoms with Crippen molar-refractivity contribution in [1.82, 2.24) is 24.2 Å². The molecule has 0 aliphatic carbocycles. The third kappa shape index (κ3) is 4.14. The summed E-state index contributed by atoms with van der Waals surface area (Å²) in [5.74, 6) is 0.217. The molecular formula is C26H27N5O. The van der Waals surface area contributed by atoms with E-state index in [2.05, 4.69) is 57.9 Å². The van der Waals surface area contributed by atoms with Gasteiger partial charge in [0.1, 0.15) is 0 Å². The first-order valence-corrected chi connectivity index (χ1v) is 11.1. The fourth-order valence-electron chi connectivity index (χ4n) is 4.43. The molecule has 1 saturated heterocycles. The van der Waals surface area contributed by atoms with Gasteiger partial charge in [0.05, 0.1) is 23.6 Å². The van der Waals surface area contributed by atoms with Gasteiger partial charge in [-0.25, -0.2) is 4.98 Å². The number of aromatic nitrogens is 3. The van der Waals surface area contributed by atoms with Crippen LogP contribution in [0.4, 0.5) is 0 Å².